The van der Waals surface area contributed by atoms with Gasteiger partial charge < -0.3 is 5.73 Å². The Hall–Kier alpha value is -0.380. The van der Waals surface area contributed by atoms with Crippen molar-refractivity contribution in [2.75, 3.05) is 7.05 Å². The van der Waals surface area contributed by atoms with Gasteiger partial charge in [0.15, 0.2) is 0 Å². The molecule has 3 unspecified atom stereocenters. The number of hydrogen-bond acceptors (Lipinski definition) is 3. The molecule has 0 aliphatic heterocycles. The second kappa shape index (κ2) is 6.53. The van der Waals surface area contributed by atoms with Gasteiger partial charge in [-0.05, 0) is 50.7 Å². The number of nitrogens with zero attached hydrogens (tertiary/aromatic N) is 1. The normalized spacial score (nSPS) is 17.1. The Morgan fingerprint density at radius 3 is 2.41 bits per heavy atom. The van der Waals surface area contributed by atoms with Crippen molar-refractivity contribution in [1.29, 1.82) is 0 Å². The summed E-state index contributed by atoms with van der Waals surface area (Å²) < 4.78 is 0. The zero-order chi connectivity index (χ0) is 13.0. The van der Waals surface area contributed by atoms with Crippen LogP contribution in [0, 0.1) is 6.92 Å². The molecular weight excluding hydrogens is 228 g/mol. The zero-order valence-electron chi connectivity index (χ0n) is 11.7. The molecule has 2 nitrogen and oxygen atoms in total. The summed E-state index contributed by atoms with van der Waals surface area (Å²) in [7, 11) is 2.20. The van der Waals surface area contributed by atoms with E-state index in [1.165, 1.54) is 10.4 Å². The molecule has 0 aromatic carbocycles. The van der Waals surface area contributed by atoms with Crippen LogP contribution < -0.4 is 5.73 Å². The Labute approximate surface area is 110 Å². The molecular formula is C14H26N2S. The molecule has 1 rings (SSSR count). The van der Waals surface area contributed by atoms with Crippen LogP contribution >= 0.6 is 11.3 Å². The molecule has 0 amide bonds. The van der Waals surface area contributed by atoms with Crippen LogP contribution in [0.25, 0.3) is 0 Å². The Kier molecular flexibility index (Phi) is 5.63. The van der Waals surface area contributed by atoms with Gasteiger partial charge >= 0.3 is 0 Å². The fourth-order valence-corrected chi connectivity index (χ4v) is 3.31. The smallest absolute Gasteiger partial charge is 0.0595 e. The first-order valence-electron chi connectivity index (χ1n) is 6.54. The van der Waals surface area contributed by atoms with E-state index in [1.54, 1.807) is 0 Å². The molecule has 1 aromatic heterocycles. The summed E-state index contributed by atoms with van der Waals surface area (Å²) in [4.78, 5) is 3.87. The summed E-state index contributed by atoms with van der Waals surface area (Å²) in [6.07, 6.45) is 2.18. The minimum atomic E-state index is 0.214. The highest BCUT2D eigenvalue weighted by Gasteiger charge is 2.27. The summed E-state index contributed by atoms with van der Waals surface area (Å²) in [5, 5.41) is 2.17. The van der Waals surface area contributed by atoms with Crippen molar-refractivity contribution < 1.29 is 0 Å². The van der Waals surface area contributed by atoms with Gasteiger partial charge in [-0.1, -0.05) is 13.8 Å². The average molecular weight is 254 g/mol. The molecule has 0 radical (unpaired) electrons. The largest absolute Gasteiger partial charge is 0.326 e. The lowest BCUT2D eigenvalue weighted by molar-refractivity contribution is 0.157. The van der Waals surface area contributed by atoms with Crippen LogP contribution in [0.5, 0.6) is 0 Å². The Balaban J connectivity index is 3.00. The van der Waals surface area contributed by atoms with E-state index in [0.29, 0.717) is 12.1 Å². The van der Waals surface area contributed by atoms with Crippen molar-refractivity contribution in [3.63, 3.8) is 0 Å². The molecule has 0 aliphatic carbocycles. The SMILES string of the molecule is CCC(N)C(c1sccc1C)N(C)C(C)CC. The van der Waals surface area contributed by atoms with Gasteiger partial charge in [0.2, 0.25) is 0 Å². The highest BCUT2D eigenvalue weighted by molar-refractivity contribution is 7.10. The van der Waals surface area contributed by atoms with Crippen LogP contribution in [0.4, 0.5) is 0 Å². The number of likely N-dealkylation sites (N-methyl/N-ethyl adjacent to an activating group) is 1. The third kappa shape index (κ3) is 3.30. The second-order valence-electron chi connectivity index (χ2n) is 4.91. The van der Waals surface area contributed by atoms with Gasteiger partial charge in [0.1, 0.15) is 0 Å². The third-order valence-electron chi connectivity index (χ3n) is 3.77. The summed E-state index contributed by atoms with van der Waals surface area (Å²) in [6, 6.07) is 3.33. The highest BCUT2D eigenvalue weighted by atomic mass is 32.1. The fourth-order valence-electron chi connectivity index (χ4n) is 2.15. The molecule has 0 fully saturated rings. The summed E-state index contributed by atoms with van der Waals surface area (Å²) in [5.41, 5.74) is 7.71. The van der Waals surface area contributed by atoms with Gasteiger partial charge in [-0.3, -0.25) is 4.90 Å². The zero-order valence-corrected chi connectivity index (χ0v) is 12.6. The maximum atomic E-state index is 6.34. The van der Waals surface area contributed by atoms with E-state index in [0.717, 1.165) is 12.8 Å². The van der Waals surface area contributed by atoms with Crippen LogP contribution in [0.1, 0.15) is 50.1 Å². The van der Waals surface area contributed by atoms with E-state index < -0.39 is 0 Å². The van der Waals surface area contributed by atoms with E-state index in [-0.39, 0.29) is 6.04 Å². The lowest BCUT2D eigenvalue weighted by Crippen LogP contribution is -2.42. The van der Waals surface area contributed by atoms with E-state index in [9.17, 15) is 0 Å². The fraction of sp³-hybridized carbons (Fsp3) is 0.714. The number of aryl methyl sites for hydroxylation is 1. The first-order chi connectivity index (χ1) is 8.02. The summed E-state index contributed by atoms with van der Waals surface area (Å²) >= 11 is 1.84. The monoisotopic (exact) mass is 254 g/mol. The van der Waals surface area contributed by atoms with E-state index in [4.69, 9.17) is 5.73 Å². The van der Waals surface area contributed by atoms with Crippen molar-refractivity contribution in [2.24, 2.45) is 5.73 Å². The standard InChI is InChI=1S/C14H26N2S/c1-6-11(4)16(5)13(12(15)7-2)14-10(3)8-9-17-14/h8-9,11-13H,6-7,15H2,1-5H3. The Bertz CT molecular complexity index is 335. The van der Waals surface area contributed by atoms with E-state index in [2.05, 4.69) is 51.1 Å². The van der Waals surface area contributed by atoms with Crippen molar-refractivity contribution in [3.05, 3.63) is 21.9 Å². The number of thiophene rings is 1. The molecule has 3 atom stereocenters. The first-order valence-corrected chi connectivity index (χ1v) is 7.42. The molecule has 17 heavy (non-hydrogen) atoms. The maximum Gasteiger partial charge on any atom is 0.0595 e. The molecule has 0 bridgehead atoms. The van der Waals surface area contributed by atoms with E-state index in [1.807, 2.05) is 11.3 Å². The topological polar surface area (TPSA) is 29.3 Å². The van der Waals surface area contributed by atoms with Crippen molar-refractivity contribution >= 4 is 11.3 Å². The van der Waals surface area contributed by atoms with Gasteiger partial charge in [0, 0.05) is 17.0 Å². The number of hydrogen-bond donors (Lipinski definition) is 1. The van der Waals surface area contributed by atoms with Crippen molar-refractivity contribution in [2.45, 2.75) is 58.7 Å². The highest BCUT2D eigenvalue weighted by Crippen LogP contribution is 2.32. The molecule has 0 aliphatic rings. The van der Waals surface area contributed by atoms with Crippen LogP contribution in [0.15, 0.2) is 11.4 Å². The van der Waals surface area contributed by atoms with Crippen molar-refractivity contribution in [3.8, 4) is 0 Å². The third-order valence-corrected chi connectivity index (χ3v) is 4.86. The van der Waals surface area contributed by atoms with Gasteiger partial charge in [-0.15, -0.1) is 11.3 Å². The van der Waals surface area contributed by atoms with Crippen LogP contribution in [0.3, 0.4) is 0 Å². The molecule has 3 heteroatoms. The minimum absolute atomic E-state index is 0.214. The lowest BCUT2D eigenvalue weighted by Gasteiger charge is -2.36. The van der Waals surface area contributed by atoms with Gasteiger partial charge in [-0.25, -0.2) is 0 Å². The molecule has 0 saturated heterocycles. The van der Waals surface area contributed by atoms with Crippen molar-refractivity contribution in [1.82, 2.24) is 4.90 Å². The first kappa shape index (κ1) is 14.7. The van der Waals surface area contributed by atoms with Gasteiger partial charge in [0.25, 0.3) is 0 Å². The summed E-state index contributed by atoms with van der Waals surface area (Å²) in [6.45, 7) is 8.87. The van der Waals surface area contributed by atoms with Crippen LogP contribution in [-0.2, 0) is 0 Å². The minimum Gasteiger partial charge on any atom is -0.326 e. The molecule has 1 aromatic rings. The maximum absolute atomic E-state index is 6.34. The predicted octanol–water partition coefficient (Wildman–Crippen LogP) is 3.57. The van der Waals surface area contributed by atoms with Crippen LogP contribution in [-0.4, -0.2) is 24.0 Å². The Morgan fingerprint density at radius 1 is 1.35 bits per heavy atom. The molecule has 1 heterocycles. The molecule has 2 N–H and O–H groups in total. The lowest BCUT2D eigenvalue weighted by atomic mass is 9.99. The number of rotatable bonds is 6. The van der Waals surface area contributed by atoms with Gasteiger partial charge in [0.05, 0.1) is 6.04 Å². The molecule has 0 saturated carbocycles. The Morgan fingerprint density at radius 2 is 2.00 bits per heavy atom. The number of nitrogens with two attached hydrogens (primary N) is 1. The van der Waals surface area contributed by atoms with Crippen LogP contribution in [0.2, 0.25) is 0 Å². The predicted molar refractivity (Wildman–Crippen MR) is 77.6 cm³/mol. The van der Waals surface area contributed by atoms with Gasteiger partial charge in [-0.2, -0.15) is 0 Å². The van der Waals surface area contributed by atoms with E-state index >= 15 is 0 Å². The molecule has 98 valence electrons. The summed E-state index contributed by atoms with van der Waals surface area (Å²) in [5.74, 6) is 0. The quantitative estimate of drug-likeness (QED) is 0.841. The second-order valence-corrected chi connectivity index (χ2v) is 5.86. The average Bonchev–Trinajstić information content (AvgIpc) is 2.74. The molecule has 0 spiro atoms.